The highest BCUT2D eigenvalue weighted by atomic mass is 32.2. The van der Waals surface area contributed by atoms with Crippen LogP contribution in [-0.4, -0.2) is 43.4 Å². The first-order valence-electron chi connectivity index (χ1n) is 10.5. The summed E-state index contributed by atoms with van der Waals surface area (Å²) in [6.45, 7) is 2.07. The van der Waals surface area contributed by atoms with Crippen LogP contribution in [0.4, 0.5) is 11.4 Å². The minimum absolute atomic E-state index is 0.0784. The van der Waals surface area contributed by atoms with Crippen LogP contribution >= 0.6 is 0 Å². The van der Waals surface area contributed by atoms with Gasteiger partial charge < -0.3 is 10.6 Å². The van der Waals surface area contributed by atoms with E-state index < -0.39 is 15.9 Å². The average molecular weight is 444 g/mol. The van der Waals surface area contributed by atoms with Gasteiger partial charge in [-0.15, -0.1) is 0 Å². The number of anilines is 2. The van der Waals surface area contributed by atoms with E-state index in [0.29, 0.717) is 43.6 Å². The van der Waals surface area contributed by atoms with Gasteiger partial charge in [0.2, 0.25) is 21.8 Å². The van der Waals surface area contributed by atoms with E-state index in [0.717, 1.165) is 5.56 Å². The van der Waals surface area contributed by atoms with Gasteiger partial charge in [-0.3, -0.25) is 9.59 Å². The van der Waals surface area contributed by atoms with Gasteiger partial charge in [0, 0.05) is 31.4 Å². The minimum Gasteiger partial charge on any atom is -0.326 e. The molecule has 1 aliphatic rings. The van der Waals surface area contributed by atoms with Crippen molar-refractivity contribution in [2.24, 2.45) is 5.92 Å². The molecule has 7 nitrogen and oxygen atoms in total. The third-order valence-corrected chi connectivity index (χ3v) is 7.23. The van der Waals surface area contributed by atoms with Crippen molar-refractivity contribution < 1.29 is 18.0 Å². The van der Waals surface area contributed by atoms with Gasteiger partial charge in [-0.25, -0.2) is 12.7 Å². The number of aryl methyl sites for hydroxylation is 1. The van der Waals surface area contributed by atoms with Gasteiger partial charge in [-0.2, -0.15) is 0 Å². The second-order valence-electron chi connectivity index (χ2n) is 7.85. The number of carbonyl (C=O) groups excluding carboxylic acids is 2. The molecule has 0 aromatic heterocycles. The van der Waals surface area contributed by atoms with Gasteiger partial charge >= 0.3 is 0 Å². The predicted molar refractivity (Wildman–Crippen MR) is 122 cm³/mol. The molecule has 1 aliphatic heterocycles. The molecule has 0 spiro atoms. The minimum atomic E-state index is -3.41. The molecular formula is C23H29N3O4S. The third-order valence-electron chi connectivity index (χ3n) is 5.31. The van der Waals surface area contributed by atoms with Gasteiger partial charge in [0.25, 0.3) is 0 Å². The summed E-state index contributed by atoms with van der Waals surface area (Å²) in [7, 11) is -3.41. The fraction of sp³-hybridized carbons (Fsp3) is 0.391. The number of piperidine rings is 1. The second-order valence-corrected chi connectivity index (χ2v) is 9.94. The predicted octanol–water partition coefficient (Wildman–Crippen LogP) is 3.26. The lowest BCUT2D eigenvalue weighted by atomic mass is 9.98. The number of hydrogen-bond donors (Lipinski definition) is 2. The highest BCUT2D eigenvalue weighted by Gasteiger charge is 2.32. The first-order valence-corrected chi connectivity index (χ1v) is 12.1. The molecule has 1 heterocycles. The molecule has 1 atom stereocenters. The number of carbonyl (C=O) groups is 2. The maximum absolute atomic E-state index is 12.8. The van der Waals surface area contributed by atoms with Crippen LogP contribution in [0.25, 0.3) is 0 Å². The first-order chi connectivity index (χ1) is 14.8. The van der Waals surface area contributed by atoms with Gasteiger partial charge in [-0.1, -0.05) is 36.4 Å². The molecule has 0 saturated carbocycles. The molecular weight excluding hydrogens is 414 g/mol. The molecule has 31 heavy (non-hydrogen) atoms. The Bertz CT molecular complexity index is 1010. The van der Waals surface area contributed by atoms with Crippen LogP contribution in [0, 0.1) is 5.92 Å². The fourth-order valence-electron chi connectivity index (χ4n) is 3.76. The highest BCUT2D eigenvalue weighted by molar-refractivity contribution is 7.89. The molecule has 0 unspecified atom stereocenters. The lowest BCUT2D eigenvalue weighted by molar-refractivity contribution is -0.121. The molecule has 2 amide bonds. The summed E-state index contributed by atoms with van der Waals surface area (Å²) in [5.74, 6) is -0.718. The Labute approximate surface area is 183 Å². The summed E-state index contributed by atoms with van der Waals surface area (Å²) in [4.78, 5) is 24.0. The fourth-order valence-corrected chi connectivity index (χ4v) is 5.35. The maximum Gasteiger partial charge on any atom is 0.228 e. The molecule has 0 bridgehead atoms. The number of sulfonamides is 1. The largest absolute Gasteiger partial charge is 0.326 e. The van der Waals surface area contributed by atoms with Crippen LogP contribution in [0.5, 0.6) is 0 Å². The summed E-state index contributed by atoms with van der Waals surface area (Å²) >= 11 is 0. The molecule has 2 N–H and O–H groups in total. The summed E-state index contributed by atoms with van der Waals surface area (Å²) in [5.41, 5.74) is 2.28. The molecule has 166 valence electrons. The zero-order valence-corrected chi connectivity index (χ0v) is 18.5. The summed E-state index contributed by atoms with van der Waals surface area (Å²) in [6.07, 6.45) is 2.56. The molecule has 0 radical (unpaired) electrons. The summed E-state index contributed by atoms with van der Waals surface area (Å²) < 4.78 is 27.1. The average Bonchev–Trinajstić information content (AvgIpc) is 2.74. The Balaban J connectivity index is 1.55. The highest BCUT2D eigenvalue weighted by Crippen LogP contribution is 2.23. The monoisotopic (exact) mass is 443 g/mol. The van der Waals surface area contributed by atoms with Crippen molar-refractivity contribution in [2.45, 2.75) is 32.6 Å². The Morgan fingerprint density at radius 2 is 1.74 bits per heavy atom. The van der Waals surface area contributed by atoms with E-state index >= 15 is 0 Å². The van der Waals surface area contributed by atoms with Crippen molar-refractivity contribution >= 4 is 33.2 Å². The van der Waals surface area contributed by atoms with Crippen LogP contribution in [0.3, 0.4) is 0 Å². The van der Waals surface area contributed by atoms with E-state index in [1.165, 1.54) is 11.2 Å². The maximum atomic E-state index is 12.8. The Kier molecular flexibility index (Phi) is 7.81. The van der Waals surface area contributed by atoms with Crippen molar-refractivity contribution in [3.05, 3.63) is 60.2 Å². The van der Waals surface area contributed by atoms with Crippen LogP contribution < -0.4 is 10.6 Å². The molecule has 3 rings (SSSR count). The number of nitrogens with one attached hydrogen (secondary N) is 2. The Morgan fingerprint density at radius 1 is 1.03 bits per heavy atom. The van der Waals surface area contributed by atoms with Gasteiger partial charge in [0.15, 0.2) is 0 Å². The molecule has 1 saturated heterocycles. The zero-order valence-electron chi connectivity index (χ0n) is 17.7. The van der Waals surface area contributed by atoms with Crippen molar-refractivity contribution in [1.29, 1.82) is 0 Å². The third kappa shape index (κ3) is 6.90. The zero-order chi connectivity index (χ0) is 22.3. The van der Waals surface area contributed by atoms with Crippen LogP contribution in [-0.2, 0) is 26.0 Å². The normalized spacial score (nSPS) is 17.1. The molecule has 0 aliphatic carbocycles. The SMILES string of the molecule is CC(=O)Nc1cccc(NC(=O)[C@@H]2CCCN(S(=O)(=O)CCCc3ccccc3)C2)c1. The molecule has 1 fully saturated rings. The van der Waals surface area contributed by atoms with Crippen LogP contribution in [0.15, 0.2) is 54.6 Å². The Morgan fingerprint density at radius 3 is 2.45 bits per heavy atom. The number of rotatable bonds is 8. The smallest absolute Gasteiger partial charge is 0.228 e. The van der Waals surface area contributed by atoms with Crippen molar-refractivity contribution in [3.8, 4) is 0 Å². The van der Waals surface area contributed by atoms with Crippen molar-refractivity contribution in [1.82, 2.24) is 4.31 Å². The summed E-state index contributed by atoms with van der Waals surface area (Å²) in [5, 5.41) is 5.53. The molecule has 2 aromatic carbocycles. The van der Waals surface area contributed by atoms with Crippen LogP contribution in [0.2, 0.25) is 0 Å². The lowest BCUT2D eigenvalue weighted by Gasteiger charge is -2.31. The standard InChI is InChI=1S/C23H29N3O4S/c1-18(27)24-21-12-5-13-22(16-21)25-23(28)20-11-6-14-26(17-20)31(29,30)15-7-10-19-8-3-2-4-9-19/h2-5,8-9,12-13,16,20H,6-7,10-11,14-15,17H2,1H3,(H,24,27)(H,25,28)/t20-/m1/s1. The van der Waals surface area contributed by atoms with Gasteiger partial charge in [-0.05, 0) is 49.4 Å². The molecule has 8 heteroatoms. The summed E-state index contributed by atoms with van der Waals surface area (Å²) in [6, 6.07) is 16.7. The number of benzene rings is 2. The van der Waals surface area contributed by atoms with Crippen molar-refractivity contribution in [3.63, 3.8) is 0 Å². The van der Waals surface area contributed by atoms with Gasteiger partial charge in [0.1, 0.15) is 0 Å². The van der Waals surface area contributed by atoms with E-state index in [2.05, 4.69) is 10.6 Å². The van der Waals surface area contributed by atoms with E-state index in [4.69, 9.17) is 0 Å². The van der Waals surface area contributed by atoms with Crippen molar-refractivity contribution in [2.75, 3.05) is 29.5 Å². The Hall–Kier alpha value is -2.71. The quantitative estimate of drug-likeness (QED) is 0.655. The van der Waals surface area contributed by atoms with E-state index in [9.17, 15) is 18.0 Å². The van der Waals surface area contributed by atoms with E-state index in [-0.39, 0.29) is 24.1 Å². The van der Waals surface area contributed by atoms with Crippen LogP contribution in [0.1, 0.15) is 31.7 Å². The van der Waals surface area contributed by atoms with E-state index in [1.54, 1.807) is 24.3 Å². The van der Waals surface area contributed by atoms with Gasteiger partial charge in [0.05, 0.1) is 11.7 Å². The van der Waals surface area contributed by atoms with E-state index in [1.807, 2.05) is 30.3 Å². The topological polar surface area (TPSA) is 95.6 Å². The first kappa shape index (κ1) is 23.0. The lowest BCUT2D eigenvalue weighted by Crippen LogP contribution is -2.44. The number of amides is 2. The second kappa shape index (κ2) is 10.5. The molecule has 2 aromatic rings. The number of nitrogens with zero attached hydrogens (tertiary/aromatic N) is 1. The number of hydrogen-bond acceptors (Lipinski definition) is 4.